The number of aromatic nitrogens is 2. The van der Waals surface area contributed by atoms with E-state index in [4.69, 9.17) is 0 Å². The fraction of sp³-hybridized carbons (Fsp3) is 0.136. The highest BCUT2D eigenvalue weighted by Gasteiger charge is 2.42. The number of fused-ring (bicyclic) bond motifs is 3. The number of aromatic hydroxyl groups is 1. The van der Waals surface area contributed by atoms with Crippen molar-refractivity contribution in [2.24, 2.45) is 14.1 Å². The molecule has 2 heterocycles. The van der Waals surface area contributed by atoms with Crippen molar-refractivity contribution in [2.45, 2.75) is 5.92 Å². The van der Waals surface area contributed by atoms with E-state index in [0.29, 0.717) is 33.8 Å². The summed E-state index contributed by atoms with van der Waals surface area (Å²) in [5.41, 5.74) is 2.50. The van der Waals surface area contributed by atoms with E-state index in [1.54, 1.807) is 31.3 Å². The van der Waals surface area contributed by atoms with Gasteiger partial charge in [0.25, 0.3) is 5.56 Å². The molecule has 7 heteroatoms. The average Bonchev–Trinajstić information content (AvgIpc) is 3.02. The summed E-state index contributed by atoms with van der Waals surface area (Å²) in [5.74, 6) is -0.346. The molecule has 2 aromatic carbocycles. The molecular formula is C22H17N3O4. The predicted octanol–water partition coefficient (Wildman–Crippen LogP) is 1.95. The summed E-state index contributed by atoms with van der Waals surface area (Å²) in [6, 6.07) is 13.7. The van der Waals surface area contributed by atoms with Crippen molar-refractivity contribution in [2.75, 3.05) is 5.32 Å². The third-order valence-electron chi connectivity index (χ3n) is 5.70. The minimum absolute atomic E-state index is 0.0894. The first-order valence-electron chi connectivity index (χ1n) is 9.14. The van der Waals surface area contributed by atoms with E-state index in [-0.39, 0.29) is 11.5 Å². The summed E-state index contributed by atoms with van der Waals surface area (Å²) in [6.07, 6.45) is 0. The van der Waals surface area contributed by atoms with Crippen LogP contribution in [-0.4, -0.2) is 20.0 Å². The van der Waals surface area contributed by atoms with Crippen LogP contribution in [0.4, 0.5) is 5.82 Å². The first kappa shape index (κ1) is 17.2. The topological polar surface area (TPSA) is 93.3 Å². The SMILES string of the molecule is Cn1c2c(c(=O)n(C)c1=O)C(c1ccc(O)cc1)C1=C(N2)c2ccccc2C1=O. The molecule has 0 amide bonds. The molecule has 1 atom stereocenters. The molecule has 5 rings (SSSR count). The molecule has 1 aliphatic heterocycles. The standard InChI is InChI=1S/C22H17N3O4/c1-24-20-17(21(28)25(2)22(24)29)15(11-7-9-12(26)10-8-11)16-18(23-20)13-5-3-4-6-14(13)19(16)27/h3-10,15,23,26H,1-2H3. The molecule has 1 aromatic heterocycles. The Balaban J connectivity index is 1.89. The minimum Gasteiger partial charge on any atom is -0.508 e. The Morgan fingerprint density at radius 1 is 0.897 bits per heavy atom. The van der Waals surface area contributed by atoms with E-state index < -0.39 is 17.2 Å². The summed E-state index contributed by atoms with van der Waals surface area (Å²) in [7, 11) is 3.02. The van der Waals surface area contributed by atoms with Gasteiger partial charge in [-0.15, -0.1) is 0 Å². The monoisotopic (exact) mass is 387 g/mol. The Bertz CT molecular complexity index is 1360. The maximum absolute atomic E-state index is 13.3. The Morgan fingerprint density at radius 2 is 1.55 bits per heavy atom. The van der Waals surface area contributed by atoms with Crippen molar-refractivity contribution in [3.05, 3.63) is 97.2 Å². The summed E-state index contributed by atoms with van der Waals surface area (Å²) >= 11 is 0. The highest BCUT2D eigenvalue weighted by Crippen LogP contribution is 2.47. The lowest BCUT2D eigenvalue weighted by atomic mass is 9.81. The van der Waals surface area contributed by atoms with Gasteiger partial charge in [-0.1, -0.05) is 36.4 Å². The van der Waals surface area contributed by atoms with Gasteiger partial charge in [0, 0.05) is 36.7 Å². The summed E-state index contributed by atoms with van der Waals surface area (Å²) < 4.78 is 2.44. The molecule has 29 heavy (non-hydrogen) atoms. The summed E-state index contributed by atoms with van der Waals surface area (Å²) in [6.45, 7) is 0. The molecule has 144 valence electrons. The van der Waals surface area contributed by atoms with E-state index in [9.17, 15) is 19.5 Å². The normalized spacial score (nSPS) is 16.9. The van der Waals surface area contributed by atoms with E-state index in [2.05, 4.69) is 5.32 Å². The van der Waals surface area contributed by atoms with Gasteiger partial charge in [0.15, 0.2) is 5.78 Å². The van der Waals surface area contributed by atoms with E-state index in [1.165, 1.54) is 23.7 Å². The molecule has 1 unspecified atom stereocenters. The predicted molar refractivity (Wildman–Crippen MR) is 108 cm³/mol. The fourth-order valence-electron chi connectivity index (χ4n) is 4.26. The quantitative estimate of drug-likeness (QED) is 0.666. The van der Waals surface area contributed by atoms with Gasteiger partial charge in [-0.2, -0.15) is 0 Å². The molecule has 3 aromatic rings. The zero-order valence-electron chi connectivity index (χ0n) is 15.8. The molecule has 0 fully saturated rings. The Labute approximate surface area is 165 Å². The largest absolute Gasteiger partial charge is 0.508 e. The molecular weight excluding hydrogens is 370 g/mol. The second kappa shape index (κ2) is 5.81. The molecule has 0 spiro atoms. The third kappa shape index (κ3) is 2.21. The Kier molecular flexibility index (Phi) is 3.46. The zero-order chi connectivity index (χ0) is 20.4. The summed E-state index contributed by atoms with van der Waals surface area (Å²) in [5, 5.41) is 12.9. The first-order valence-corrected chi connectivity index (χ1v) is 9.14. The van der Waals surface area contributed by atoms with Crippen LogP contribution in [0.15, 0.2) is 63.7 Å². The number of rotatable bonds is 1. The van der Waals surface area contributed by atoms with Gasteiger partial charge < -0.3 is 10.4 Å². The Hall–Kier alpha value is -3.87. The van der Waals surface area contributed by atoms with E-state index >= 15 is 0 Å². The molecule has 0 saturated heterocycles. The van der Waals surface area contributed by atoms with Crippen LogP contribution in [0.1, 0.15) is 33.0 Å². The number of carbonyl (C=O) groups excluding carboxylic acids is 1. The molecule has 0 bridgehead atoms. The number of allylic oxidation sites excluding steroid dienone is 1. The number of hydrogen-bond donors (Lipinski definition) is 2. The van der Waals surface area contributed by atoms with Gasteiger partial charge in [0.1, 0.15) is 11.6 Å². The Morgan fingerprint density at radius 3 is 2.24 bits per heavy atom. The lowest BCUT2D eigenvalue weighted by Crippen LogP contribution is -2.42. The second-order valence-electron chi connectivity index (χ2n) is 7.28. The van der Waals surface area contributed by atoms with Gasteiger partial charge in [-0.25, -0.2) is 4.79 Å². The number of hydrogen-bond acceptors (Lipinski definition) is 5. The maximum Gasteiger partial charge on any atom is 0.332 e. The van der Waals surface area contributed by atoms with Crippen molar-refractivity contribution in [3.8, 4) is 5.75 Å². The van der Waals surface area contributed by atoms with Crippen molar-refractivity contribution in [3.63, 3.8) is 0 Å². The highest BCUT2D eigenvalue weighted by atomic mass is 16.3. The van der Waals surface area contributed by atoms with Crippen LogP contribution in [-0.2, 0) is 14.1 Å². The van der Waals surface area contributed by atoms with Crippen molar-refractivity contribution in [1.29, 1.82) is 0 Å². The van der Waals surface area contributed by atoms with Gasteiger partial charge in [-0.3, -0.25) is 18.7 Å². The first-order chi connectivity index (χ1) is 13.9. The van der Waals surface area contributed by atoms with Crippen molar-refractivity contribution < 1.29 is 9.90 Å². The van der Waals surface area contributed by atoms with Gasteiger partial charge in [0.05, 0.1) is 11.3 Å². The number of phenols is 1. The molecule has 0 radical (unpaired) electrons. The van der Waals surface area contributed by atoms with E-state index in [0.717, 1.165) is 10.1 Å². The van der Waals surface area contributed by atoms with Crippen LogP contribution >= 0.6 is 0 Å². The molecule has 7 nitrogen and oxygen atoms in total. The number of carbonyl (C=O) groups is 1. The smallest absolute Gasteiger partial charge is 0.332 e. The number of anilines is 1. The number of nitrogens with zero attached hydrogens (tertiary/aromatic N) is 2. The van der Waals surface area contributed by atoms with Crippen molar-refractivity contribution in [1.82, 2.24) is 9.13 Å². The molecule has 2 N–H and O–H groups in total. The molecule has 1 aliphatic carbocycles. The number of phenolic OH excluding ortho intramolecular Hbond substituents is 1. The van der Waals surface area contributed by atoms with Crippen LogP contribution < -0.4 is 16.6 Å². The number of nitrogens with one attached hydrogen (secondary N) is 1. The van der Waals surface area contributed by atoms with Crippen LogP contribution in [0.25, 0.3) is 5.70 Å². The second-order valence-corrected chi connectivity index (χ2v) is 7.28. The maximum atomic E-state index is 13.3. The number of Topliss-reactive ketones (excluding diaryl/α,β-unsaturated/α-hetero) is 1. The third-order valence-corrected chi connectivity index (χ3v) is 5.70. The summed E-state index contributed by atoms with van der Waals surface area (Å²) in [4.78, 5) is 39.0. The average molecular weight is 387 g/mol. The van der Waals surface area contributed by atoms with Crippen LogP contribution in [0.2, 0.25) is 0 Å². The van der Waals surface area contributed by atoms with E-state index in [1.807, 2.05) is 12.1 Å². The van der Waals surface area contributed by atoms with Gasteiger partial charge in [-0.05, 0) is 17.7 Å². The lowest BCUT2D eigenvalue weighted by molar-refractivity contribution is 0.103. The van der Waals surface area contributed by atoms with Gasteiger partial charge >= 0.3 is 5.69 Å². The van der Waals surface area contributed by atoms with Crippen molar-refractivity contribution >= 4 is 17.3 Å². The highest BCUT2D eigenvalue weighted by molar-refractivity contribution is 6.23. The van der Waals surface area contributed by atoms with Crippen LogP contribution in [0.3, 0.4) is 0 Å². The molecule has 2 aliphatic rings. The zero-order valence-corrected chi connectivity index (χ0v) is 15.8. The van der Waals surface area contributed by atoms with Gasteiger partial charge in [0.2, 0.25) is 0 Å². The van der Waals surface area contributed by atoms with Crippen LogP contribution in [0, 0.1) is 0 Å². The van der Waals surface area contributed by atoms with Crippen LogP contribution in [0.5, 0.6) is 5.75 Å². The number of ketones is 1. The lowest BCUT2D eigenvalue weighted by Gasteiger charge is -2.29. The molecule has 0 saturated carbocycles. The minimum atomic E-state index is -0.660. The fourth-order valence-corrected chi connectivity index (χ4v) is 4.26. The number of benzene rings is 2.